The number of hydrogen-bond donors (Lipinski definition) is 1. The molecular weight excluding hydrogens is 256 g/mol. The fraction of sp³-hybridized carbons (Fsp3) is 0.214. The van der Waals surface area contributed by atoms with Crippen LogP contribution in [0.2, 0.25) is 0 Å². The highest BCUT2D eigenvalue weighted by Crippen LogP contribution is 2.27. The van der Waals surface area contributed by atoms with Crippen LogP contribution in [0.4, 0.5) is 5.82 Å². The Balaban J connectivity index is 2.01. The molecule has 0 aliphatic rings. The van der Waals surface area contributed by atoms with E-state index in [2.05, 4.69) is 38.1 Å². The van der Waals surface area contributed by atoms with Crippen LogP contribution >= 0.6 is 11.7 Å². The van der Waals surface area contributed by atoms with Crippen molar-refractivity contribution in [1.29, 1.82) is 0 Å². The van der Waals surface area contributed by atoms with Crippen molar-refractivity contribution in [1.82, 2.24) is 13.7 Å². The Kier molecular flexibility index (Phi) is 3.37. The molecule has 0 spiro atoms. The zero-order chi connectivity index (χ0) is 13.1. The van der Waals surface area contributed by atoms with Crippen molar-refractivity contribution in [2.75, 3.05) is 11.9 Å². The third kappa shape index (κ3) is 2.42. The van der Waals surface area contributed by atoms with Crippen molar-refractivity contribution in [3.05, 3.63) is 36.5 Å². The summed E-state index contributed by atoms with van der Waals surface area (Å²) >= 11 is 1.23. The highest BCUT2D eigenvalue weighted by molar-refractivity contribution is 6.99. The molecule has 96 valence electrons. The third-order valence-electron chi connectivity index (χ3n) is 2.89. The number of aromatic nitrogens is 3. The molecular formula is C14H14N4S. The second kappa shape index (κ2) is 5.32. The number of rotatable bonds is 4. The molecule has 0 bridgehead atoms. The van der Waals surface area contributed by atoms with E-state index in [9.17, 15) is 0 Å². The van der Waals surface area contributed by atoms with Gasteiger partial charge in [0.15, 0.2) is 5.82 Å². The summed E-state index contributed by atoms with van der Waals surface area (Å²) < 4.78 is 8.68. The second-order valence-corrected chi connectivity index (χ2v) is 4.83. The molecule has 0 unspecified atom stereocenters. The van der Waals surface area contributed by atoms with Gasteiger partial charge in [-0.3, -0.25) is 4.98 Å². The van der Waals surface area contributed by atoms with Crippen molar-refractivity contribution < 1.29 is 0 Å². The fourth-order valence-electron chi connectivity index (χ4n) is 1.94. The van der Waals surface area contributed by atoms with Gasteiger partial charge in [-0.2, -0.15) is 8.75 Å². The zero-order valence-electron chi connectivity index (χ0n) is 10.6. The highest BCUT2D eigenvalue weighted by atomic mass is 32.1. The Labute approximate surface area is 115 Å². The number of nitrogens with zero attached hydrogens (tertiary/aromatic N) is 3. The van der Waals surface area contributed by atoms with Crippen molar-refractivity contribution in [3.8, 4) is 11.3 Å². The predicted octanol–water partition coefficient (Wildman–Crippen LogP) is 3.58. The molecule has 1 aromatic carbocycles. The summed E-state index contributed by atoms with van der Waals surface area (Å²) in [6.45, 7) is 3.03. The van der Waals surface area contributed by atoms with E-state index in [1.54, 1.807) is 0 Å². The van der Waals surface area contributed by atoms with E-state index in [1.807, 2.05) is 24.4 Å². The van der Waals surface area contributed by atoms with Gasteiger partial charge in [-0.05, 0) is 18.6 Å². The van der Waals surface area contributed by atoms with Gasteiger partial charge in [0.05, 0.1) is 17.2 Å². The standard InChI is InChI=1S/C14H14N4S/c1-2-7-15-14-13(17-19-18-14)11-8-10-5-3-4-6-12(10)16-9-11/h3-6,8-9H,2,7H2,1H3,(H,15,18). The maximum atomic E-state index is 4.47. The van der Waals surface area contributed by atoms with Crippen molar-refractivity contribution in [2.45, 2.75) is 13.3 Å². The molecule has 0 atom stereocenters. The fourth-order valence-corrected chi connectivity index (χ4v) is 2.48. The Morgan fingerprint density at radius 3 is 3.00 bits per heavy atom. The molecule has 0 saturated heterocycles. The van der Waals surface area contributed by atoms with Gasteiger partial charge in [0.2, 0.25) is 0 Å². The van der Waals surface area contributed by atoms with Crippen molar-refractivity contribution >= 4 is 28.4 Å². The van der Waals surface area contributed by atoms with E-state index in [0.29, 0.717) is 0 Å². The largest absolute Gasteiger partial charge is 0.367 e. The number of benzene rings is 1. The van der Waals surface area contributed by atoms with Crippen LogP contribution in [0.5, 0.6) is 0 Å². The topological polar surface area (TPSA) is 50.7 Å². The van der Waals surface area contributed by atoms with Crippen LogP contribution in [-0.2, 0) is 0 Å². The smallest absolute Gasteiger partial charge is 0.168 e. The number of nitrogens with one attached hydrogen (secondary N) is 1. The lowest BCUT2D eigenvalue weighted by Gasteiger charge is -2.04. The first-order valence-electron chi connectivity index (χ1n) is 6.30. The van der Waals surface area contributed by atoms with E-state index in [-0.39, 0.29) is 0 Å². The second-order valence-electron chi connectivity index (χ2n) is 4.30. The first kappa shape index (κ1) is 12.0. The van der Waals surface area contributed by atoms with Gasteiger partial charge in [0.25, 0.3) is 0 Å². The van der Waals surface area contributed by atoms with Crippen LogP contribution in [0.15, 0.2) is 36.5 Å². The Morgan fingerprint density at radius 1 is 1.21 bits per heavy atom. The molecule has 0 aliphatic heterocycles. The number of anilines is 1. The van der Waals surface area contributed by atoms with Crippen LogP contribution in [0.25, 0.3) is 22.2 Å². The summed E-state index contributed by atoms with van der Waals surface area (Å²) in [5.74, 6) is 0.851. The summed E-state index contributed by atoms with van der Waals surface area (Å²) in [7, 11) is 0. The van der Waals surface area contributed by atoms with E-state index >= 15 is 0 Å². The number of hydrogen-bond acceptors (Lipinski definition) is 5. The number of pyridine rings is 1. The molecule has 3 aromatic rings. The lowest BCUT2D eigenvalue weighted by molar-refractivity contribution is 0.974. The molecule has 3 rings (SSSR count). The van der Waals surface area contributed by atoms with Crippen LogP contribution in [0.1, 0.15) is 13.3 Å². The summed E-state index contributed by atoms with van der Waals surface area (Å²) in [5.41, 5.74) is 2.89. The van der Waals surface area contributed by atoms with E-state index < -0.39 is 0 Å². The molecule has 4 nitrogen and oxygen atoms in total. The average Bonchev–Trinajstić information content (AvgIpc) is 2.93. The van der Waals surface area contributed by atoms with Gasteiger partial charge in [0, 0.05) is 23.7 Å². The normalized spacial score (nSPS) is 10.8. The first-order chi connectivity index (χ1) is 9.38. The lowest BCUT2D eigenvalue weighted by atomic mass is 10.1. The third-order valence-corrected chi connectivity index (χ3v) is 3.42. The molecule has 19 heavy (non-hydrogen) atoms. The Morgan fingerprint density at radius 2 is 2.11 bits per heavy atom. The van der Waals surface area contributed by atoms with E-state index in [1.165, 1.54) is 11.7 Å². The molecule has 0 amide bonds. The molecule has 0 radical (unpaired) electrons. The minimum absolute atomic E-state index is 0.851. The van der Waals surface area contributed by atoms with Crippen LogP contribution in [-0.4, -0.2) is 20.3 Å². The van der Waals surface area contributed by atoms with Gasteiger partial charge < -0.3 is 5.32 Å². The maximum absolute atomic E-state index is 4.47. The minimum atomic E-state index is 0.851. The van der Waals surface area contributed by atoms with Crippen molar-refractivity contribution in [3.63, 3.8) is 0 Å². The summed E-state index contributed by atoms with van der Waals surface area (Å²) in [5, 5.41) is 4.42. The Bertz CT molecular complexity index is 692. The first-order valence-corrected chi connectivity index (χ1v) is 7.03. The van der Waals surface area contributed by atoms with Gasteiger partial charge in [-0.15, -0.1) is 0 Å². The Hall–Kier alpha value is -2.01. The summed E-state index contributed by atoms with van der Waals surface area (Å²) in [6, 6.07) is 10.2. The SMILES string of the molecule is CCCNc1nsnc1-c1cnc2ccccc2c1. The van der Waals surface area contributed by atoms with Crippen LogP contribution in [0, 0.1) is 0 Å². The van der Waals surface area contributed by atoms with Crippen molar-refractivity contribution in [2.24, 2.45) is 0 Å². The maximum Gasteiger partial charge on any atom is 0.168 e. The lowest BCUT2D eigenvalue weighted by Crippen LogP contribution is -2.01. The van der Waals surface area contributed by atoms with Gasteiger partial charge in [-0.1, -0.05) is 25.1 Å². The number of fused-ring (bicyclic) bond motifs is 1. The molecule has 2 aromatic heterocycles. The molecule has 5 heteroatoms. The monoisotopic (exact) mass is 270 g/mol. The van der Waals surface area contributed by atoms with Crippen LogP contribution < -0.4 is 5.32 Å². The molecule has 0 saturated carbocycles. The van der Waals surface area contributed by atoms with Gasteiger partial charge >= 0.3 is 0 Å². The quantitative estimate of drug-likeness (QED) is 0.787. The molecule has 0 fully saturated rings. The van der Waals surface area contributed by atoms with E-state index in [0.717, 1.165) is 40.9 Å². The minimum Gasteiger partial charge on any atom is -0.367 e. The predicted molar refractivity (Wildman–Crippen MR) is 79.4 cm³/mol. The van der Waals surface area contributed by atoms with E-state index in [4.69, 9.17) is 0 Å². The number of para-hydroxylation sites is 1. The molecule has 0 aliphatic carbocycles. The summed E-state index contributed by atoms with van der Waals surface area (Å²) in [6.07, 6.45) is 2.92. The van der Waals surface area contributed by atoms with Gasteiger partial charge in [-0.25, -0.2) is 0 Å². The summed E-state index contributed by atoms with van der Waals surface area (Å²) in [4.78, 5) is 4.47. The van der Waals surface area contributed by atoms with Crippen LogP contribution in [0.3, 0.4) is 0 Å². The molecule has 2 heterocycles. The molecule has 1 N–H and O–H groups in total. The zero-order valence-corrected chi connectivity index (χ0v) is 11.4. The van der Waals surface area contributed by atoms with Gasteiger partial charge in [0.1, 0.15) is 5.69 Å². The highest BCUT2D eigenvalue weighted by Gasteiger charge is 2.10. The average molecular weight is 270 g/mol.